The lowest BCUT2D eigenvalue weighted by Crippen LogP contribution is -2.47. The van der Waals surface area contributed by atoms with Gasteiger partial charge in [-0.2, -0.15) is 5.10 Å². The van der Waals surface area contributed by atoms with Crippen LogP contribution in [-0.2, 0) is 4.74 Å². The molecule has 25 heavy (non-hydrogen) atoms. The molecule has 1 aliphatic heterocycles. The zero-order valence-electron chi connectivity index (χ0n) is 14.3. The monoisotopic (exact) mass is 346 g/mol. The van der Waals surface area contributed by atoms with Gasteiger partial charge in [-0.3, -0.25) is 9.89 Å². The number of halogens is 1. The number of nitrogens with zero attached hydrogens (tertiary/aromatic N) is 1. The minimum Gasteiger partial charge on any atom is -0.384 e. The number of benzene rings is 1. The summed E-state index contributed by atoms with van der Waals surface area (Å²) in [5, 5.41) is 13.0. The lowest BCUT2D eigenvalue weighted by molar-refractivity contribution is 0.0512. The Morgan fingerprint density at radius 3 is 2.84 bits per heavy atom. The van der Waals surface area contributed by atoms with Gasteiger partial charge in [0.2, 0.25) is 0 Å². The number of hydrogen-bond acceptors (Lipinski definition) is 4. The molecule has 0 aliphatic carbocycles. The van der Waals surface area contributed by atoms with Gasteiger partial charge in [0.05, 0.1) is 24.1 Å². The van der Waals surface area contributed by atoms with Crippen molar-refractivity contribution in [3.63, 3.8) is 0 Å². The average Bonchev–Trinajstić information content (AvgIpc) is 3.11. The first-order valence-electron chi connectivity index (χ1n) is 8.41. The molecule has 1 aliphatic rings. The second kappa shape index (κ2) is 7.76. The maximum Gasteiger partial charge on any atom is 0.255 e. The Hall–Kier alpha value is -2.25. The number of carbonyl (C=O) groups is 1. The van der Waals surface area contributed by atoms with Crippen LogP contribution in [0.2, 0.25) is 0 Å². The number of H-pyrrole nitrogens is 1. The fourth-order valence-corrected chi connectivity index (χ4v) is 3.33. The van der Waals surface area contributed by atoms with Gasteiger partial charge in [0.25, 0.3) is 5.91 Å². The first-order valence-corrected chi connectivity index (χ1v) is 8.41. The van der Waals surface area contributed by atoms with E-state index in [1.165, 1.54) is 12.3 Å². The van der Waals surface area contributed by atoms with Crippen molar-refractivity contribution < 1.29 is 13.9 Å². The normalized spacial score (nSPS) is 16.6. The Balaban J connectivity index is 1.74. The van der Waals surface area contributed by atoms with Crippen LogP contribution in [0.25, 0.3) is 11.3 Å². The molecule has 1 fully saturated rings. The van der Waals surface area contributed by atoms with E-state index in [4.69, 9.17) is 4.74 Å². The molecule has 0 radical (unpaired) electrons. The molecule has 0 unspecified atom stereocenters. The number of methoxy groups -OCH3 is 1. The minimum atomic E-state index is -0.394. The van der Waals surface area contributed by atoms with Gasteiger partial charge in [0, 0.05) is 24.6 Å². The van der Waals surface area contributed by atoms with Crippen LogP contribution in [0, 0.1) is 11.2 Å². The summed E-state index contributed by atoms with van der Waals surface area (Å²) in [5.41, 5.74) is 0.990. The number of aromatic nitrogens is 2. The number of ether oxygens (including phenoxy) is 1. The number of rotatable bonds is 6. The Kier molecular flexibility index (Phi) is 5.45. The summed E-state index contributed by atoms with van der Waals surface area (Å²) in [6, 6.07) is 6.32. The average molecular weight is 346 g/mol. The molecule has 7 heteroatoms. The molecule has 1 aromatic carbocycles. The van der Waals surface area contributed by atoms with Crippen LogP contribution < -0.4 is 10.6 Å². The van der Waals surface area contributed by atoms with Crippen molar-refractivity contribution in [1.29, 1.82) is 0 Å². The van der Waals surface area contributed by atoms with E-state index in [0.717, 1.165) is 25.9 Å². The van der Waals surface area contributed by atoms with Crippen LogP contribution in [0.15, 0.2) is 30.5 Å². The molecule has 2 heterocycles. The van der Waals surface area contributed by atoms with Gasteiger partial charge < -0.3 is 15.4 Å². The SMILES string of the molecule is COCC1(CNC(=O)c2cn[nH]c2-c2ccccc2F)CCNCC1. The van der Waals surface area contributed by atoms with E-state index in [-0.39, 0.29) is 11.3 Å². The summed E-state index contributed by atoms with van der Waals surface area (Å²) in [6.07, 6.45) is 3.31. The van der Waals surface area contributed by atoms with Crippen LogP contribution in [0.5, 0.6) is 0 Å². The van der Waals surface area contributed by atoms with Gasteiger partial charge in [-0.05, 0) is 38.1 Å². The minimum absolute atomic E-state index is 0.0719. The fourth-order valence-electron chi connectivity index (χ4n) is 3.33. The topological polar surface area (TPSA) is 79.0 Å². The number of nitrogens with one attached hydrogen (secondary N) is 3. The highest BCUT2D eigenvalue weighted by molar-refractivity contribution is 5.99. The third kappa shape index (κ3) is 3.88. The Labute approximate surface area is 146 Å². The van der Waals surface area contributed by atoms with E-state index in [0.29, 0.717) is 30.0 Å². The third-order valence-electron chi connectivity index (χ3n) is 4.77. The lowest BCUT2D eigenvalue weighted by Gasteiger charge is -2.37. The molecule has 6 nitrogen and oxygen atoms in total. The molecular formula is C18H23FN4O2. The summed E-state index contributed by atoms with van der Waals surface area (Å²) >= 11 is 0. The Morgan fingerprint density at radius 2 is 2.12 bits per heavy atom. The van der Waals surface area contributed by atoms with Crippen molar-refractivity contribution in [2.75, 3.05) is 33.4 Å². The van der Waals surface area contributed by atoms with Crippen molar-refractivity contribution in [3.8, 4) is 11.3 Å². The van der Waals surface area contributed by atoms with E-state index in [1.807, 2.05) is 0 Å². The molecule has 2 aromatic rings. The van der Waals surface area contributed by atoms with Crippen LogP contribution >= 0.6 is 0 Å². The highest BCUT2D eigenvalue weighted by Gasteiger charge is 2.33. The molecule has 134 valence electrons. The Bertz CT molecular complexity index is 720. The van der Waals surface area contributed by atoms with Crippen LogP contribution in [0.3, 0.4) is 0 Å². The van der Waals surface area contributed by atoms with Gasteiger partial charge in [-0.1, -0.05) is 12.1 Å². The number of amides is 1. The first-order chi connectivity index (χ1) is 12.2. The largest absolute Gasteiger partial charge is 0.384 e. The molecule has 1 amide bonds. The second-order valence-corrected chi connectivity index (χ2v) is 6.50. The quantitative estimate of drug-likeness (QED) is 0.747. The zero-order chi connectivity index (χ0) is 17.7. The van der Waals surface area contributed by atoms with Crippen molar-refractivity contribution in [1.82, 2.24) is 20.8 Å². The number of piperidine rings is 1. The maximum atomic E-state index is 14.0. The van der Waals surface area contributed by atoms with E-state index < -0.39 is 5.82 Å². The smallest absolute Gasteiger partial charge is 0.255 e. The van der Waals surface area contributed by atoms with Gasteiger partial charge >= 0.3 is 0 Å². The van der Waals surface area contributed by atoms with E-state index in [1.54, 1.807) is 25.3 Å². The standard InChI is InChI=1S/C18H23FN4O2/c1-25-12-18(6-8-20-9-7-18)11-21-17(24)14-10-22-23-16(14)13-4-2-3-5-15(13)19/h2-5,10,20H,6-9,11-12H2,1H3,(H,21,24)(H,22,23). The fraction of sp³-hybridized carbons (Fsp3) is 0.444. The first kappa shape index (κ1) is 17.6. The zero-order valence-corrected chi connectivity index (χ0v) is 14.3. The van der Waals surface area contributed by atoms with Crippen molar-refractivity contribution >= 4 is 5.91 Å². The van der Waals surface area contributed by atoms with E-state index in [2.05, 4.69) is 20.8 Å². The van der Waals surface area contributed by atoms with E-state index in [9.17, 15) is 9.18 Å². The molecule has 3 rings (SSSR count). The number of carbonyl (C=O) groups excluding carboxylic acids is 1. The summed E-state index contributed by atoms with van der Waals surface area (Å²) in [4.78, 5) is 12.7. The van der Waals surface area contributed by atoms with E-state index >= 15 is 0 Å². The third-order valence-corrected chi connectivity index (χ3v) is 4.77. The highest BCUT2D eigenvalue weighted by atomic mass is 19.1. The van der Waals surface area contributed by atoms with Crippen molar-refractivity contribution in [2.24, 2.45) is 5.41 Å². The predicted molar refractivity (Wildman–Crippen MR) is 92.7 cm³/mol. The highest BCUT2D eigenvalue weighted by Crippen LogP contribution is 2.29. The summed E-state index contributed by atoms with van der Waals surface area (Å²) in [6.45, 7) is 2.93. The summed E-state index contributed by atoms with van der Waals surface area (Å²) in [7, 11) is 1.68. The number of hydrogen-bond donors (Lipinski definition) is 3. The van der Waals surface area contributed by atoms with Gasteiger partial charge in [-0.15, -0.1) is 0 Å². The van der Waals surface area contributed by atoms with Crippen LogP contribution in [0.1, 0.15) is 23.2 Å². The molecule has 0 saturated carbocycles. The van der Waals surface area contributed by atoms with Crippen LogP contribution in [0.4, 0.5) is 4.39 Å². The molecule has 3 N–H and O–H groups in total. The summed E-state index contributed by atoms with van der Waals surface area (Å²) < 4.78 is 19.4. The maximum absolute atomic E-state index is 14.0. The Morgan fingerprint density at radius 1 is 1.36 bits per heavy atom. The second-order valence-electron chi connectivity index (χ2n) is 6.50. The summed E-state index contributed by atoms with van der Waals surface area (Å²) in [5.74, 6) is -0.656. The van der Waals surface area contributed by atoms with Crippen molar-refractivity contribution in [2.45, 2.75) is 12.8 Å². The van der Waals surface area contributed by atoms with Gasteiger partial charge in [0.1, 0.15) is 5.82 Å². The van der Waals surface area contributed by atoms with Gasteiger partial charge in [-0.25, -0.2) is 4.39 Å². The molecule has 1 aromatic heterocycles. The molecule has 0 atom stereocenters. The molecule has 1 saturated heterocycles. The molecular weight excluding hydrogens is 323 g/mol. The molecule has 0 bridgehead atoms. The predicted octanol–water partition coefficient (Wildman–Crippen LogP) is 1.96. The molecule has 0 spiro atoms. The van der Waals surface area contributed by atoms with Crippen LogP contribution in [-0.4, -0.2) is 49.5 Å². The van der Waals surface area contributed by atoms with Gasteiger partial charge in [0.15, 0.2) is 0 Å². The number of aromatic amines is 1. The lowest BCUT2D eigenvalue weighted by atomic mass is 9.79. The van der Waals surface area contributed by atoms with Crippen molar-refractivity contribution in [3.05, 3.63) is 41.8 Å².